The smallest absolute Gasteiger partial charge is 0.251 e. The quantitative estimate of drug-likeness (QED) is 0.782. The third kappa shape index (κ3) is 2.53. The van der Waals surface area contributed by atoms with Gasteiger partial charge in [0, 0.05) is 12.4 Å². The van der Waals surface area contributed by atoms with Crippen molar-refractivity contribution >= 4 is 5.91 Å². The molecule has 21 heavy (non-hydrogen) atoms. The number of primary amides is 1. The third-order valence-electron chi connectivity index (χ3n) is 3.09. The molecule has 0 saturated carbocycles. The summed E-state index contributed by atoms with van der Waals surface area (Å²) < 4.78 is 6.87. The Kier molecular flexibility index (Phi) is 3.23. The van der Waals surface area contributed by atoms with Gasteiger partial charge < -0.3 is 10.2 Å². The molecule has 2 N–H and O–H groups in total. The van der Waals surface area contributed by atoms with Crippen molar-refractivity contribution < 1.29 is 9.21 Å². The van der Waals surface area contributed by atoms with Crippen LogP contribution in [0.4, 0.5) is 0 Å². The summed E-state index contributed by atoms with van der Waals surface area (Å²) in [6.45, 7) is 1.70. The van der Waals surface area contributed by atoms with Crippen LogP contribution in [0.25, 0.3) is 17.4 Å². The molecule has 3 heterocycles. The van der Waals surface area contributed by atoms with Crippen LogP contribution in [0.5, 0.6) is 0 Å². The molecular formula is C14H13N5O2. The number of carbonyl (C=O) groups excluding carboxylic acids is 1. The van der Waals surface area contributed by atoms with Crippen molar-refractivity contribution in [3.8, 4) is 17.4 Å². The van der Waals surface area contributed by atoms with E-state index in [1.807, 2.05) is 0 Å². The predicted molar refractivity (Wildman–Crippen MR) is 74.5 cm³/mol. The highest BCUT2D eigenvalue weighted by Crippen LogP contribution is 2.22. The lowest BCUT2D eigenvalue weighted by molar-refractivity contribution is -0.119. The lowest BCUT2D eigenvalue weighted by Crippen LogP contribution is -2.20. The van der Waals surface area contributed by atoms with Crippen molar-refractivity contribution in [2.75, 3.05) is 0 Å². The SMILES string of the molecule is CC(C(N)=O)c1cc(-c2ccco2)nc(-n2cccn2)n1. The Morgan fingerprint density at radius 2 is 2.24 bits per heavy atom. The van der Waals surface area contributed by atoms with Gasteiger partial charge in [0.05, 0.1) is 17.9 Å². The van der Waals surface area contributed by atoms with Crippen LogP contribution in [-0.4, -0.2) is 25.7 Å². The van der Waals surface area contributed by atoms with E-state index in [4.69, 9.17) is 10.2 Å². The number of rotatable bonds is 4. The zero-order valence-electron chi connectivity index (χ0n) is 11.3. The average Bonchev–Trinajstić information content (AvgIpc) is 3.18. The summed E-state index contributed by atoms with van der Waals surface area (Å²) in [6.07, 6.45) is 4.91. The molecule has 0 fully saturated rings. The first-order chi connectivity index (χ1) is 10.1. The van der Waals surface area contributed by atoms with E-state index < -0.39 is 11.8 Å². The highest BCUT2D eigenvalue weighted by Gasteiger charge is 2.18. The summed E-state index contributed by atoms with van der Waals surface area (Å²) in [5.74, 6) is -0.0396. The Labute approximate surface area is 120 Å². The number of amides is 1. The maximum Gasteiger partial charge on any atom is 0.251 e. The molecule has 0 aliphatic rings. The van der Waals surface area contributed by atoms with Gasteiger partial charge in [-0.2, -0.15) is 5.10 Å². The number of nitrogens with two attached hydrogens (primary N) is 1. The third-order valence-corrected chi connectivity index (χ3v) is 3.09. The number of nitrogens with zero attached hydrogens (tertiary/aromatic N) is 4. The van der Waals surface area contributed by atoms with Crippen molar-refractivity contribution in [2.24, 2.45) is 5.73 Å². The van der Waals surface area contributed by atoms with Gasteiger partial charge in [-0.3, -0.25) is 4.79 Å². The molecule has 0 spiro atoms. The van der Waals surface area contributed by atoms with Crippen molar-refractivity contribution in [1.82, 2.24) is 19.7 Å². The number of aromatic nitrogens is 4. The molecule has 1 amide bonds. The van der Waals surface area contributed by atoms with Crippen LogP contribution in [-0.2, 0) is 4.79 Å². The van der Waals surface area contributed by atoms with Gasteiger partial charge in [0.1, 0.15) is 5.69 Å². The van der Waals surface area contributed by atoms with Gasteiger partial charge in [-0.25, -0.2) is 14.6 Å². The molecule has 0 aromatic carbocycles. The van der Waals surface area contributed by atoms with E-state index in [0.717, 1.165) is 0 Å². The lowest BCUT2D eigenvalue weighted by atomic mass is 10.1. The van der Waals surface area contributed by atoms with E-state index in [1.165, 1.54) is 4.68 Å². The van der Waals surface area contributed by atoms with Gasteiger partial charge in [0.2, 0.25) is 5.91 Å². The zero-order valence-corrected chi connectivity index (χ0v) is 11.3. The van der Waals surface area contributed by atoms with Gasteiger partial charge in [-0.1, -0.05) is 0 Å². The second kappa shape index (κ2) is 5.20. The van der Waals surface area contributed by atoms with E-state index in [2.05, 4.69) is 15.1 Å². The van der Waals surface area contributed by atoms with Crippen LogP contribution in [0.15, 0.2) is 47.3 Å². The van der Waals surface area contributed by atoms with Gasteiger partial charge in [0.25, 0.3) is 5.95 Å². The normalized spacial score (nSPS) is 12.2. The average molecular weight is 283 g/mol. The first-order valence-corrected chi connectivity index (χ1v) is 6.37. The van der Waals surface area contributed by atoms with Gasteiger partial charge in [-0.15, -0.1) is 0 Å². The van der Waals surface area contributed by atoms with E-state index >= 15 is 0 Å². The monoisotopic (exact) mass is 283 g/mol. The van der Waals surface area contributed by atoms with Gasteiger partial charge >= 0.3 is 0 Å². The fraction of sp³-hybridized carbons (Fsp3) is 0.143. The molecule has 3 aromatic heterocycles. The summed E-state index contributed by atoms with van der Waals surface area (Å²) in [4.78, 5) is 20.2. The predicted octanol–water partition coefficient (Wildman–Crippen LogP) is 1.51. The highest BCUT2D eigenvalue weighted by molar-refractivity contribution is 5.81. The molecule has 0 aliphatic carbocycles. The summed E-state index contributed by atoms with van der Waals surface area (Å²) in [6, 6.07) is 7.01. The minimum Gasteiger partial charge on any atom is -0.463 e. The Bertz CT molecular complexity index is 697. The maximum absolute atomic E-state index is 11.4. The van der Waals surface area contributed by atoms with E-state index in [0.29, 0.717) is 23.1 Å². The maximum atomic E-state index is 11.4. The molecular weight excluding hydrogens is 270 g/mol. The van der Waals surface area contributed by atoms with Crippen molar-refractivity contribution in [3.63, 3.8) is 0 Å². The second-order valence-corrected chi connectivity index (χ2v) is 4.53. The van der Waals surface area contributed by atoms with Crippen molar-refractivity contribution in [3.05, 3.63) is 48.6 Å². The van der Waals surface area contributed by atoms with Gasteiger partial charge in [0.15, 0.2) is 5.76 Å². The number of furan rings is 1. The Morgan fingerprint density at radius 1 is 1.38 bits per heavy atom. The molecule has 1 unspecified atom stereocenters. The zero-order chi connectivity index (χ0) is 14.8. The molecule has 7 heteroatoms. The molecule has 0 aliphatic heterocycles. The number of hydrogen-bond donors (Lipinski definition) is 1. The Hall–Kier alpha value is -2.96. The fourth-order valence-electron chi connectivity index (χ4n) is 1.86. The Morgan fingerprint density at radius 3 is 2.86 bits per heavy atom. The minimum absolute atomic E-state index is 0.358. The summed E-state index contributed by atoms with van der Waals surface area (Å²) >= 11 is 0. The van der Waals surface area contributed by atoms with Crippen LogP contribution in [0.2, 0.25) is 0 Å². The van der Waals surface area contributed by atoms with Crippen LogP contribution >= 0.6 is 0 Å². The number of hydrogen-bond acceptors (Lipinski definition) is 5. The van der Waals surface area contributed by atoms with Crippen molar-refractivity contribution in [2.45, 2.75) is 12.8 Å². The molecule has 0 radical (unpaired) electrons. The summed E-state index contributed by atoms with van der Waals surface area (Å²) in [7, 11) is 0. The van der Waals surface area contributed by atoms with Gasteiger partial charge in [-0.05, 0) is 31.2 Å². The molecule has 3 rings (SSSR count). The van der Waals surface area contributed by atoms with Crippen LogP contribution in [0, 0.1) is 0 Å². The Balaban J connectivity index is 2.15. The van der Waals surface area contributed by atoms with E-state index in [9.17, 15) is 4.79 Å². The molecule has 0 saturated heterocycles. The standard InChI is InChI=1S/C14H13N5O2/c1-9(13(15)20)10-8-11(12-4-2-7-21-12)18-14(17-10)19-6-3-5-16-19/h2-9H,1H3,(H2,15,20). The second-order valence-electron chi connectivity index (χ2n) is 4.53. The summed E-state index contributed by atoms with van der Waals surface area (Å²) in [5.41, 5.74) is 6.46. The molecule has 7 nitrogen and oxygen atoms in total. The van der Waals surface area contributed by atoms with Crippen molar-refractivity contribution in [1.29, 1.82) is 0 Å². The molecule has 0 bridgehead atoms. The van der Waals surface area contributed by atoms with Crippen LogP contribution in [0.1, 0.15) is 18.5 Å². The topological polar surface area (TPSA) is 99.8 Å². The first-order valence-electron chi connectivity index (χ1n) is 6.37. The largest absolute Gasteiger partial charge is 0.463 e. The fourth-order valence-corrected chi connectivity index (χ4v) is 1.86. The number of carbonyl (C=O) groups is 1. The van der Waals surface area contributed by atoms with E-state index in [-0.39, 0.29) is 0 Å². The molecule has 1 atom stereocenters. The van der Waals surface area contributed by atoms with E-state index in [1.54, 1.807) is 49.8 Å². The molecule has 3 aromatic rings. The lowest BCUT2D eigenvalue weighted by Gasteiger charge is -2.10. The minimum atomic E-state index is -0.531. The highest BCUT2D eigenvalue weighted by atomic mass is 16.3. The van der Waals surface area contributed by atoms with Crippen LogP contribution < -0.4 is 5.73 Å². The summed E-state index contributed by atoms with van der Waals surface area (Å²) in [5, 5.41) is 4.10. The first kappa shape index (κ1) is 13.0. The van der Waals surface area contributed by atoms with Crippen LogP contribution in [0.3, 0.4) is 0 Å². The molecule has 106 valence electrons.